The smallest absolute Gasteiger partial charge is 0.0680 e. The minimum atomic E-state index is 0.0370. The quantitative estimate of drug-likeness (QED) is 0.649. The highest BCUT2D eigenvalue weighted by molar-refractivity contribution is 5.22. The van der Waals surface area contributed by atoms with Crippen LogP contribution in [0.3, 0.4) is 0 Å². The molecule has 0 spiro atoms. The van der Waals surface area contributed by atoms with Crippen LogP contribution in [0.25, 0.3) is 0 Å². The second-order valence-electron chi connectivity index (χ2n) is 3.16. The van der Waals surface area contributed by atoms with E-state index in [2.05, 4.69) is 16.3 Å². The molecule has 3 N–H and O–H groups in total. The van der Waals surface area contributed by atoms with Crippen molar-refractivity contribution in [2.45, 2.75) is 25.3 Å². The molecule has 0 amide bonds. The highest BCUT2D eigenvalue weighted by Gasteiger charge is 2.15. The number of hydrogen-bond acceptors (Lipinski definition) is 2. The topological polar surface area (TPSA) is 54.7 Å². The van der Waals surface area contributed by atoms with Crippen molar-refractivity contribution in [3.05, 3.63) is 29.6 Å². The number of hydrogen-bond donors (Lipinski definition) is 2. The third-order valence-corrected chi connectivity index (χ3v) is 2.33. The van der Waals surface area contributed by atoms with Gasteiger partial charge in [0.15, 0.2) is 0 Å². The van der Waals surface area contributed by atoms with Gasteiger partial charge in [-0.3, -0.25) is 5.10 Å². The molecule has 0 aliphatic heterocycles. The van der Waals surface area contributed by atoms with Gasteiger partial charge in [-0.2, -0.15) is 5.10 Å². The van der Waals surface area contributed by atoms with E-state index >= 15 is 0 Å². The van der Waals surface area contributed by atoms with Crippen molar-refractivity contribution < 1.29 is 0 Å². The number of nitrogens with zero attached hydrogens (tertiary/aromatic N) is 1. The molecule has 0 saturated carbocycles. The average Bonchev–Trinajstić information content (AvgIpc) is 2.77. The molecule has 12 heavy (non-hydrogen) atoms. The Morgan fingerprint density at radius 2 is 2.50 bits per heavy atom. The summed E-state index contributed by atoms with van der Waals surface area (Å²) in [5, 5.41) is 6.78. The molecule has 0 fully saturated rings. The Balaban J connectivity index is 2.14. The van der Waals surface area contributed by atoms with Gasteiger partial charge in [-0.25, -0.2) is 0 Å². The molecule has 1 unspecified atom stereocenters. The van der Waals surface area contributed by atoms with Crippen LogP contribution >= 0.6 is 0 Å². The zero-order chi connectivity index (χ0) is 8.39. The molecule has 1 heterocycles. The Bertz CT molecular complexity index is 274. The molecule has 0 aromatic carbocycles. The predicted octanol–water partition coefficient (Wildman–Crippen LogP) is 1.52. The van der Waals surface area contributed by atoms with Crippen LogP contribution in [0.15, 0.2) is 23.9 Å². The summed E-state index contributed by atoms with van der Waals surface area (Å²) < 4.78 is 0. The summed E-state index contributed by atoms with van der Waals surface area (Å²) in [6.45, 7) is 0. The largest absolute Gasteiger partial charge is 0.319 e. The molecule has 0 saturated heterocycles. The number of H-pyrrole nitrogens is 1. The molecule has 1 aromatic rings. The predicted molar refractivity (Wildman–Crippen MR) is 47.5 cm³/mol. The van der Waals surface area contributed by atoms with Crippen LogP contribution in [0.1, 0.15) is 31.0 Å². The Morgan fingerprint density at radius 3 is 3.08 bits per heavy atom. The summed E-state index contributed by atoms with van der Waals surface area (Å²) in [6.07, 6.45) is 7.55. The first-order chi connectivity index (χ1) is 5.88. The Labute approximate surface area is 71.7 Å². The fourth-order valence-electron chi connectivity index (χ4n) is 1.62. The SMILES string of the molecule is NC(C1=CCCC1)c1ccn[nH]1. The fourth-order valence-corrected chi connectivity index (χ4v) is 1.62. The third kappa shape index (κ3) is 1.28. The standard InChI is InChI=1S/C9H13N3/c10-9(7-3-1-2-4-7)8-5-6-11-12-8/h3,5-6,9H,1-2,4,10H2,(H,11,12). The summed E-state index contributed by atoms with van der Waals surface area (Å²) in [7, 11) is 0. The van der Waals surface area contributed by atoms with Gasteiger partial charge >= 0.3 is 0 Å². The molecule has 2 rings (SSSR count). The van der Waals surface area contributed by atoms with E-state index in [1.54, 1.807) is 6.20 Å². The van der Waals surface area contributed by atoms with Crippen molar-refractivity contribution in [2.24, 2.45) is 5.73 Å². The van der Waals surface area contributed by atoms with Crippen LogP contribution in [0, 0.1) is 0 Å². The van der Waals surface area contributed by atoms with Gasteiger partial charge in [-0.15, -0.1) is 0 Å². The second-order valence-corrected chi connectivity index (χ2v) is 3.16. The molecule has 1 atom stereocenters. The maximum Gasteiger partial charge on any atom is 0.0680 e. The molecule has 64 valence electrons. The molecule has 1 aliphatic rings. The lowest BCUT2D eigenvalue weighted by atomic mass is 10.1. The van der Waals surface area contributed by atoms with E-state index in [-0.39, 0.29) is 6.04 Å². The molecule has 1 aliphatic carbocycles. The van der Waals surface area contributed by atoms with Gasteiger partial charge < -0.3 is 5.73 Å². The number of rotatable bonds is 2. The van der Waals surface area contributed by atoms with E-state index in [1.807, 2.05) is 6.07 Å². The zero-order valence-electron chi connectivity index (χ0n) is 6.96. The Morgan fingerprint density at radius 1 is 1.58 bits per heavy atom. The van der Waals surface area contributed by atoms with Crippen molar-refractivity contribution in [1.82, 2.24) is 10.2 Å². The molecular weight excluding hydrogens is 150 g/mol. The first-order valence-electron chi connectivity index (χ1n) is 4.31. The summed E-state index contributed by atoms with van der Waals surface area (Å²) in [5.41, 5.74) is 8.37. The van der Waals surface area contributed by atoms with Crippen molar-refractivity contribution in [1.29, 1.82) is 0 Å². The lowest BCUT2D eigenvalue weighted by Crippen LogP contribution is -2.12. The van der Waals surface area contributed by atoms with Gasteiger partial charge in [0.25, 0.3) is 0 Å². The van der Waals surface area contributed by atoms with Crippen LogP contribution in [0.2, 0.25) is 0 Å². The van der Waals surface area contributed by atoms with Crippen LogP contribution in [-0.4, -0.2) is 10.2 Å². The number of allylic oxidation sites excluding steroid dienone is 1. The van der Waals surface area contributed by atoms with Crippen molar-refractivity contribution in [3.63, 3.8) is 0 Å². The summed E-state index contributed by atoms with van der Waals surface area (Å²) in [4.78, 5) is 0. The van der Waals surface area contributed by atoms with Gasteiger partial charge in [0.1, 0.15) is 0 Å². The summed E-state index contributed by atoms with van der Waals surface area (Å²) in [6, 6.07) is 1.97. The molecule has 0 bridgehead atoms. The molecule has 3 nitrogen and oxygen atoms in total. The first kappa shape index (κ1) is 7.55. The minimum absolute atomic E-state index is 0.0370. The first-order valence-corrected chi connectivity index (χ1v) is 4.31. The maximum atomic E-state index is 6.01. The number of nitrogens with two attached hydrogens (primary N) is 1. The van der Waals surface area contributed by atoms with Gasteiger partial charge in [0.05, 0.1) is 11.7 Å². The third-order valence-electron chi connectivity index (χ3n) is 2.33. The summed E-state index contributed by atoms with van der Waals surface area (Å²) >= 11 is 0. The number of nitrogens with one attached hydrogen (secondary N) is 1. The Hall–Kier alpha value is -1.09. The van der Waals surface area contributed by atoms with E-state index in [9.17, 15) is 0 Å². The van der Waals surface area contributed by atoms with Crippen molar-refractivity contribution in [3.8, 4) is 0 Å². The van der Waals surface area contributed by atoms with E-state index in [4.69, 9.17) is 5.73 Å². The van der Waals surface area contributed by atoms with E-state index in [1.165, 1.54) is 18.4 Å². The normalized spacial score (nSPS) is 19.2. The summed E-state index contributed by atoms with van der Waals surface area (Å²) in [5.74, 6) is 0. The Kier molecular flexibility index (Phi) is 1.96. The van der Waals surface area contributed by atoms with Crippen LogP contribution in [0.5, 0.6) is 0 Å². The van der Waals surface area contributed by atoms with Crippen molar-refractivity contribution >= 4 is 0 Å². The lowest BCUT2D eigenvalue weighted by Gasteiger charge is -2.09. The van der Waals surface area contributed by atoms with E-state index in [0.717, 1.165) is 12.1 Å². The highest BCUT2D eigenvalue weighted by atomic mass is 15.1. The van der Waals surface area contributed by atoms with E-state index in [0.29, 0.717) is 0 Å². The number of aromatic nitrogens is 2. The lowest BCUT2D eigenvalue weighted by molar-refractivity contribution is 0.755. The molecule has 1 aromatic heterocycles. The monoisotopic (exact) mass is 163 g/mol. The zero-order valence-corrected chi connectivity index (χ0v) is 6.96. The van der Waals surface area contributed by atoms with Crippen LogP contribution < -0.4 is 5.73 Å². The molecular formula is C9H13N3. The molecule has 0 radical (unpaired) electrons. The van der Waals surface area contributed by atoms with Gasteiger partial charge in [-0.1, -0.05) is 11.6 Å². The fraction of sp³-hybridized carbons (Fsp3) is 0.444. The van der Waals surface area contributed by atoms with Gasteiger partial charge in [-0.05, 0) is 25.3 Å². The van der Waals surface area contributed by atoms with Crippen molar-refractivity contribution in [2.75, 3.05) is 0 Å². The highest BCUT2D eigenvalue weighted by Crippen LogP contribution is 2.27. The van der Waals surface area contributed by atoms with Crippen LogP contribution in [-0.2, 0) is 0 Å². The van der Waals surface area contributed by atoms with Gasteiger partial charge in [0.2, 0.25) is 0 Å². The van der Waals surface area contributed by atoms with Crippen LogP contribution in [0.4, 0.5) is 0 Å². The second kappa shape index (κ2) is 3.11. The van der Waals surface area contributed by atoms with E-state index < -0.39 is 0 Å². The number of aromatic amines is 1. The average molecular weight is 163 g/mol. The molecule has 3 heteroatoms. The van der Waals surface area contributed by atoms with Gasteiger partial charge in [0, 0.05) is 6.20 Å². The maximum absolute atomic E-state index is 6.01. The minimum Gasteiger partial charge on any atom is -0.319 e.